The highest BCUT2D eigenvalue weighted by Gasteiger charge is 2.31. The zero-order valence-electron chi connectivity index (χ0n) is 20.8. The van der Waals surface area contributed by atoms with Gasteiger partial charge in [-0.2, -0.15) is 13.2 Å². The van der Waals surface area contributed by atoms with Gasteiger partial charge in [0.25, 0.3) is 5.91 Å². The van der Waals surface area contributed by atoms with Crippen molar-refractivity contribution in [1.29, 1.82) is 0 Å². The maximum Gasteiger partial charge on any atom is 0.416 e. The van der Waals surface area contributed by atoms with Crippen molar-refractivity contribution in [2.75, 3.05) is 5.32 Å². The van der Waals surface area contributed by atoms with Gasteiger partial charge in [-0.15, -0.1) is 0 Å². The number of aromatic amines is 1. The van der Waals surface area contributed by atoms with E-state index in [1.54, 1.807) is 31.5 Å². The number of anilines is 1. The lowest BCUT2D eigenvalue weighted by atomic mass is 9.97. The average Bonchev–Trinajstić information content (AvgIpc) is 3.51. The Labute approximate surface area is 220 Å². The van der Waals surface area contributed by atoms with Crippen LogP contribution in [0.3, 0.4) is 0 Å². The van der Waals surface area contributed by atoms with Crippen molar-refractivity contribution in [3.05, 3.63) is 102 Å². The standard InChI is InChI=1S/C29H21F3N6O/c1-16-3-4-19(7-24(16)18-5-6-23-25-12-33-14-34-27(25)37-26(23)8-18)28(39)36-21-9-20(29(30,31)32)10-22(11-21)38-13-17(2)35-15-38/h3-15H,1-2H3,(H,36,39)(H,33,34,37). The summed E-state index contributed by atoms with van der Waals surface area (Å²) < 4.78 is 42.4. The third-order valence-electron chi connectivity index (χ3n) is 6.60. The molecule has 194 valence electrons. The van der Waals surface area contributed by atoms with Crippen molar-refractivity contribution < 1.29 is 18.0 Å². The first-order valence-corrected chi connectivity index (χ1v) is 12.0. The Morgan fingerprint density at radius 3 is 2.59 bits per heavy atom. The molecule has 0 atom stereocenters. The molecular weight excluding hydrogens is 505 g/mol. The van der Waals surface area contributed by atoms with Gasteiger partial charge < -0.3 is 14.9 Å². The van der Waals surface area contributed by atoms with Crippen molar-refractivity contribution in [3.63, 3.8) is 0 Å². The van der Waals surface area contributed by atoms with E-state index in [1.807, 2.05) is 31.2 Å². The van der Waals surface area contributed by atoms with Gasteiger partial charge in [0.2, 0.25) is 0 Å². The Kier molecular flexibility index (Phi) is 5.67. The summed E-state index contributed by atoms with van der Waals surface area (Å²) in [7, 11) is 0. The van der Waals surface area contributed by atoms with Crippen LogP contribution in [0.1, 0.15) is 27.2 Å². The number of aryl methyl sites for hydroxylation is 2. The monoisotopic (exact) mass is 526 g/mol. The fourth-order valence-electron chi connectivity index (χ4n) is 4.64. The van der Waals surface area contributed by atoms with Crippen LogP contribution in [0.15, 0.2) is 79.6 Å². The van der Waals surface area contributed by atoms with E-state index in [-0.39, 0.29) is 11.4 Å². The number of nitrogens with zero attached hydrogens (tertiary/aromatic N) is 4. The van der Waals surface area contributed by atoms with Gasteiger partial charge in [0.05, 0.1) is 17.6 Å². The second-order valence-corrected chi connectivity index (χ2v) is 9.34. The summed E-state index contributed by atoms with van der Waals surface area (Å²) in [6.07, 6.45) is 1.69. The first-order chi connectivity index (χ1) is 18.7. The number of hydrogen-bond acceptors (Lipinski definition) is 4. The van der Waals surface area contributed by atoms with E-state index in [1.165, 1.54) is 23.3 Å². The normalized spacial score (nSPS) is 11.8. The molecule has 0 saturated carbocycles. The summed E-state index contributed by atoms with van der Waals surface area (Å²) in [6.45, 7) is 3.68. The fraction of sp³-hybridized carbons (Fsp3) is 0.103. The highest BCUT2D eigenvalue weighted by atomic mass is 19.4. The molecule has 39 heavy (non-hydrogen) atoms. The zero-order valence-corrected chi connectivity index (χ0v) is 20.8. The summed E-state index contributed by atoms with van der Waals surface area (Å²) in [6, 6.07) is 14.5. The minimum atomic E-state index is -4.59. The molecule has 0 saturated heterocycles. The van der Waals surface area contributed by atoms with Gasteiger partial charge in [-0.05, 0) is 66.9 Å². The highest BCUT2D eigenvalue weighted by molar-refractivity contribution is 6.07. The number of halogens is 3. The predicted octanol–water partition coefficient (Wildman–Crippen LogP) is 6.85. The summed E-state index contributed by atoms with van der Waals surface area (Å²) in [5.74, 6) is -0.523. The van der Waals surface area contributed by atoms with Crippen LogP contribution in [-0.2, 0) is 6.18 Å². The van der Waals surface area contributed by atoms with Gasteiger partial charge in [0.15, 0.2) is 0 Å². The Bertz CT molecular complexity index is 1890. The van der Waals surface area contributed by atoms with Gasteiger partial charge in [-0.1, -0.05) is 18.2 Å². The Morgan fingerprint density at radius 1 is 0.974 bits per heavy atom. The van der Waals surface area contributed by atoms with Crippen LogP contribution >= 0.6 is 0 Å². The number of amides is 1. The number of fused-ring (bicyclic) bond motifs is 3. The molecule has 0 fully saturated rings. The number of imidazole rings is 1. The number of benzene rings is 3. The lowest BCUT2D eigenvalue weighted by Gasteiger charge is -2.14. The first kappa shape index (κ1) is 24.4. The largest absolute Gasteiger partial charge is 0.416 e. The number of carbonyl (C=O) groups is 1. The van der Waals surface area contributed by atoms with Crippen LogP contribution < -0.4 is 5.32 Å². The van der Waals surface area contributed by atoms with Crippen LogP contribution in [0.5, 0.6) is 0 Å². The SMILES string of the molecule is Cc1cn(-c2cc(NC(=O)c3ccc(C)c(-c4ccc5c(c4)[nH]c4ncncc45)c3)cc(C(F)(F)F)c2)cn1. The second-order valence-electron chi connectivity index (χ2n) is 9.34. The molecule has 0 spiro atoms. The molecule has 6 rings (SSSR count). The Hall–Kier alpha value is -4.99. The quantitative estimate of drug-likeness (QED) is 0.263. The molecule has 7 nitrogen and oxygen atoms in total. The highest BCUT2D eigenvalue weighted by Crippen LogP contribution is 2.34. The average molecular weight is 527 g/mol. The molecule has 0 bridgehead atoms. The van der Waals surface area contributed by atoms with Crippen molar-refractivity contribution in [3.8, 4) is 16.8 Å². The van der Waals surface area contributed by atoms with E-state index in [2.05, 4.69) is 25.3 Å². The van der Waals surface area contributed by atoms with E-state index < -0.39 is 17.6 Å². The third kappa shape index (κ3) is 4.61. The minimum absolute atomic E-state index is 0.0268. The van der Waals surface area contributed by atoms with Gasteiger partial charge in [0.1, 0.15) is 12.0 Å². The van der Waals surface area contributed by atoms with Gasteiger partial charge in [-0.25, -0.2) is 15.0 Å². The first-order valence-electron chi connectivity index (χ1n) is 12.0. The molecule has 0 aliphatic carbocycles. The molecular formula is C29H21F3N6O. The lowest BCUT2D eigenvalue weighted by molar-refractivity contribution is -0.137. The van der Waals surface area contributed by atoms with Crippen molar-refractivity contribution in [2.24, 2.45) is 0 Å². The van der Waals surface area contributed by atoms with Crippen LogP contribution in [-0.4, -0.2) is 30.4 Å². The third-order valence-corrected chi connectivity index (χ3v) is 6.60. The zero-order chi connectivity index (χ0) is 27.3. The molecule has 10 heteroatoms. The van der Waals surface area contributed by atoms with Crippen LogP contribution in [0.25, 0.3) is 38.8 Å². The molecule has 6 aromatic rings. The Morgan fingerprint density at radius 2 is 1.82 bits per heavy atom. The number of rotatable bonds is 4. The molecule has 0 aliphatic rings. The van der Waals surface area contributed by atoms with Crippen molar-refractivity contribution in [2.45, 2.75) is 20.0 Å². The number of carbonyl (C=O) groups excluding carboxylic acids is 1. The van der Waals surface area contributed by atoms with Gasteiger partial charge in [0, 0.05) is 45.6 Å². The van der Waals surface area contributed by atoms with Crippen LogP contribution in [0.4, 0.5) is 18.9 Å². The number of nitrogens with one attached hydrogen (secondary N) is 2. The van der Waals surface area contributed by atoms with Gasteiger partial charge >= 0.3 is 6.18 Å². The maximum absolute atomic E-state index is 13.6. The number of H-pyrrole nitrogens is 1. The fourth-order valence-corrected chi connectivity index (χ4v) is 4.64. The lowest BCUT2D eigenvalue weighted by Crippen LogP contribution is -2.14. The summed E-state index contributed by atoms with van der Waals surface area (Å²) in [4.78, 5) is 29.0. The maximum atomic E-state index is 13.6. The van der Waals surface area contributed by atoms with E-state index in [0.29, 0.717) is 11.3 Å². The summed E-state index contributed by atoms with van der Waals surface area (Å²) in [5, 5.41) is 4.53. The minimum Gasteiger partial charge on any atom is -0.339 e. The molecule has 1 amide bonds. The van der Waals surface area contributed by atoms with Crippen LogP contribution in [0, 0.1) is 13.8 Å². The molecule has 0 radical (unpaired) electrons. The molecule has 3 heterocycles. The van der Waals surface area contributed by atoms with E-state index in [4.69, 9.17) is 0 Å². The predicted molar refractivity (Wildman–Crippen MR) is 143 cm³/mol. The second kappa shape index (κ2) is 9.09. The molecule has 0 aliphatic heterocycles. The Balaban J connectivity index is 1.35. The molecule has 0 unspecified atom stereocenters. The topological polar surface area (TPSA) is 88.5 Å². The van der Waals surface area contributed by atoms with E-state index in [9.17, 15) is 18.0 Å². The van der Waals surface area contributed by atoms with E-state index >= 15 is 0 Å². The molecule has 3 aromatic carbocycles. The van der Waals surface area contributed by atoms with E-state index in [0.717, 1.165) is 50.8 Å². The van der Waals surface area contributed by atoms with Crippen LogP contribution in [0.2, 0.25) is 0 Å². The number of aromatic nitrogens is 5. The van der Waals surface area contributed by atoms with Crippen molar-refractivity contribution >= 4 is 33.5 Å². The number of hydrogen-bond donors (Lipinski definition) is 2. The summed E-state index contributed by atoms with van der Waals surface area (Å²) >= 11 is 0. The molecule has 3 aromatic heterocycles. The molecule has 2 N–H and O–H groups in total. The van der Waals surface area contributed by atoms with Gasteiger partial charge in [-0.3, -0.25) is 4.79 Å². The van der Waals surface area contributed by atoms with Crippen molar-refractivity contribution in [1.82, 2.24) is 24.5 Å². The summed E-state index contributed by atoms with van der Waals surface area (Å²) in [5.41, 5.74) is 4.62. The number of alkyl halides is 3. The smallest absolute Gasteiger partial charge is 0.339 e.